The van der Waals surface area contributed by atoms with E-state index < -0.39 is 0 Å². The van der Waals surface area contributed by atoms with Gasteiger partial charge in [-0.2, -0.15) is 0 Å². The van der Waals surface area contributed by atoms with Crippen molar-refractivity contribution in [1.29, 1.82) is 0 Å². The van der Waals surface area contributed by atoms with Crippen LogP contribution in [-0.2, 0) is 57.8 Å². The van der Waals surface area contributed by atoms with Crippen molar-refractivity contribution in [3.05, 3.63) is 294 Å². The number of phenols is 10. The predicted molar refractivity (Wildman–Crippen MR) is 306 cm³/mol. The summed E-state index contributed by atoms with van der Waals surface area (Å²) in [6.45, 7) is 0. The second kappa shape index (κ2) is 23.2. The van der Waals surface area contributed by atoms with Crippen LogP contribution in [0.4, 0.5) is 0 Å². The molecule has 10 aromatic carbocycles. The predicted octanol–water partition coefficient (Wildman–Crippen LogP) is 13.1. The lowest BCUT2D eigenvalue weighted by molar-refractivity contribution is 0.453. The molecule has 0 unspecified atom stereocenters. The molecule has 396 valence electrons. The summed E-state index contributed by atoms with van der Waals surface area (Å²) < 4.78 is 0. The van der Waals surface area contributed by atoms with Crippen molar-refractivity contribution in [1.82, 2.24) is 0 Å². The van der Waals surface area contributed by atoms with Crippen LogP contribution in [0.3, 0.4) is 0 Å². The molecular weight excluding hydrogens is 989 g/mol. The Hall–Kier alpha value is -9.80. The first-order valence-electron chi connectivity index (χ1n) is 26.1. The van der Waals surface area contributed by atoms with Crippen molar-refractivity contribution in [2.24, 2.45) is 0 Å². The molecule has 0 aromatic heterocycles. The molecule has 79 heavy (non-hydrogen) atoms. The largest absolute Gasteiger partial charge is 0.508 e. The Morgan fingerprint density at radius 3 is 0.570 bits per heavy atom. The van der Waals surface area contributed by atoms with Crippen LogP contribution in [-0.4, -0.2) is 51.1 Å². The monoisotopic (exact) mass is 1050 g/mol. The van der Waals surface area contributed by atoms with Crippen LogP contribution < -0.4 is 0 Å². The summed E-state index contributed by atoms with van der Waals surface area (Å²) in [5.41, 5.74) is 13.5. The second-order valence-corrected chi connectivity index (χ2v) is 20.6. The summed E-state index contributed by atoms with van der Waals surface area (Å²) in [7, 11) is 0. The van der Waals surface area contributed by atoms with Gasteiger partial charge in [-0.3, -0.25) is 0 Å². The molecule has 0 spiro atoms. The fourth-order valence-corrected chi connectivity index (χ4v) is 10.5. The quantitative estimate of drug-likeness (QED) is 0.0394. The van der Waals surface area contributed by atoms with Gasteiger partial charge in [-0.1, -0.05) is 121 Å². The highest BCUT2D eigenvalue weighted by molar-refractivity contribution is 5.57. The first kappa shape index (κ1) is 52.6. The van der Waals surface area contributed by atoms with E-state index in [1.165, 1.54) is 0 Å². The van der Waals surface area contributed by atoms with Crippen molar-refractivity contribution in [3.8, 4) is 57.5 Å². The smallest absolute Gasteiger partial charge is 0.122 e. The molecule has 0 radical (unpaired) electrons. The molecule has 0 amide bonds. The van der Waals surface area contributed by atoms with E-state index in [1.807, 2.05) is 121 Å². The Morgan fingerprint density at radius 2 is 0.342 bits per heavy atom. The molecule has 10 aromatic rings. The van der Waals surface area contributed by atoms with Gasteiger partial charge in [-0.15, -0.1) is 0 Å². The zero-order chi connectivity index (χ0) is 55.2. The maximum Gasteiger partial charge on any atom is 0.122 e. The molecule has 0 fully saturated rings. The lowest BCUT2D eigenvalue weighted by atomic mass is 9.88. The highest BCUT2D eigenvalue weighted by Gasteiger charge is 2.21. The van der Waals surface area contributed by atoms with Crippen LogP contribution in [0, 0.1) is 0 Å². The molecule has 10 heteroatoms. The number of hydrogen-bond donors (Lipinski definition) is 10. The van der Waals surface area contributed by atoms with Crippen LogP contribution in [0.2, 0.25) is 0 Å². The minimum Gasteiger partial charge on any atom is -0.508 e. The Labute approximate surface area is 458 Å². The van der Waals surface area contributed by atoms with E-state index in [9.17, 15) is 51.1 Å². The minimum absolute atomic E-state index is 0.00212. The van der Waals surface area contributed by atoms with Crippen LogP contribution >= 0.6 is 0 Å². The lowest BCUT2D eigenvalue weighted by Crippen LogP contribution is -2.03. The van der Waals surface area contributed by atoms with Gasteiger partial charge in [0.15, 0.2) is 0 Å². The maximum atomic E-state index is 12.6. The van der Waals surface area contributed by atoms with Gasteiger partial charge in [0.2, 0.25) is 0 Å². The molecule has 0 saturated carbocycles. The Balaban J connectivity index is 1.04. The molecule has 10 N–H and O–H groups in total. The molecule has 0 aliphatic carbocycles. The molecule has 0 atom stereocenters. The first-order valence-corrected chi connectivity index (χ1v) is 26.1. The van der Waals surface area contributed by atoms with Crippen molar-refractivity contribution < 1.29 is 51.1 Å². The van der Waals surface area contributed by atoms with Crippen LogP contribution in [0.5, 0.6) is 57.5 Å². The lowest BCUT2D eigenvalue weighted by Gasteiger charge is -2.19. The number of aromatic hydroxyl groups is 10. The van der Waals surface area contributed by atoms with Gasteiger partial charge in [0, 0.05) is 25.7 Å². The SMILES string of the molecule is Oc1ccc(Cc2ccc(O)c(Cc3cc(Cc4ccc(O)cc4)cc(Cc4cc(Cc5ccc(O)cc5)cc(Cc5cc(Cc6ccc(O)cc6)cc(Cc6cc(Cc7ccc(O)cc7)ccc6O)c5O)c4O)c3O)c2)cc1. The van der Waals surface area contributed by atoms with E-state index in [2.05, 4.69) is 0 Å². The molecule has 10 rings (SSSR count). The van der Waals surface area contributed by atoms with Gasteiger partial charge in [0.05, 0.1) is 0 Å². The number of phenolic OH excluding ortho intramolecular Hbond substituents is 10. The van der Waals surface area contributed by atoms with Gasteiger partial charge in [0.1, 0.15) is 57.5 Å². The van der Waals surface area contributed by atoms with E-state index in [1.54, 1.807) is 72.8 Å². The molecule has 0 saturated heterocycles. The van der Waals surface area contributed by atoms with Gasteiger partial charge < -0.3 is 51.1 Å². The Kier molecular flexibility index (Phi) is 15.5. The third-order valence-electron chi connectivity index (χ3n) is 14.5. The average molecular weight is 1050 g/mol. The Bertz CT molecular complexity index is 3550. The summed E-state index contributed by atoms with van der Waals surface area (Å²) in [5, 5.41) is 110. The van der Waals surface area contributed by atoms with Gasteiger partial charge in [-0.05, 0) is 205 Å². The normalized spacial score (nSPS) is 11.2. The number of rotatable bonds is 18. The van der Waals surface area contributed by atoms with Crippen molar-refractivity contribution in [2.45, 2.75) is 57.8 Å². The summed E-state index contributed by atoms with van der Waals surface area (Å²) in [4.78, 5) is 0. The van der Waals surface area contributed by atoms with E-state index in [-0.39, 0.29) is 83.2 Å². The highest BCUT2D eigenvalue weighted by Crippen LogP contribution is 2.39. The zero-order valence-electron chi connectivity index (χ0n) is 43.3. The maximum absolute atomic E-state index is 12.6. The standard InChI is InChI=1S/C69H60O10/c70-60-13-1-42(2-14-60)25-47-11-23-65(75)52(30-47)38-54-32-49(27-44-5-17-62(72)18-6-44)34-56(67(54)77)40-58-36-51(29-46-9-21-64(74)22-10-46)37-59(69(58)79)41-57-35-50(28-45-7-19-63(73)20-8-45)33-55(68(57)78)39-53-31-48(12-24-66(53)76)26-43-3-15-61(71)16-4-43/h1-24,30-37,70-79H,25-29,38-41H2. The number of benzene rings is 10. The van der Waals surface area contributed by atoms with Gasteiger partial charge in [0.25, 0.3) is 0 Å². The molecular formula is C69H60O10. The van der Waals surface area contributed by atoms with Gasteiger partial charge >= 0.3 is 0 Å². The fourth-order valence-electron chi connectivity index (χ4n) is 10.5. The van der Waals surface area contributed by atoms with Crippen molar-refractivity contribution in [2.75, 3.05) is 0 Å². The van der Waals surface area contributed by atoms with E-state index in [4.69, 9.17) is 0 Å². The zero-order valence-corrected chi connectivity index (χ0v) is 43.3. The fraction of sp³-hybridized carbons (Fsp3) is 0.130. The van der Waals surface area contributed by atoms with E-state index in [0.29, 0.717) is 76.6 Å². The topological polar surface area (TPSA) is 202 Å². The van der Waals surface area contributed by atoms with E-state index >= 15 is 0 Å². The van der Waals surface area contributed by atoms with Crippen LogP contribution in [0.1, 0.15) is 100 Å². The van der Waals surface area contributed by atoms with E-state index in [0.717, 1.165) is 55.6 Å². The van der Waals surface area contributed by atoms with Crippen LogP contribution in [0.25, 0.3) is 0 Å². The average Bonchev–Trinajstić information content (AvgIpc) is 3.43. The molecule has 0 aliphatic heterocycles. The summed E-state index contributed by atoms with van der Waals surface area (Å²) in [6, 6.07) is 57.0. The summed E-state index contributed by atoms with van der Waals surface area (Å²) >= 11 is 0. The van der Waals surface area contributed by atoms with Gasteiger partial charge in [-0.25, -0.2) is 0 Å². The van der Waals surface area contributed by atoms with Crippen molar-refractivity contribution >= 4 is 0 Å². The molecule has 10 nitrogen and oxygen atoms in total. The molecule has 0 heterocycles. The molecule has 0 aliphatic rings. The van der Waals surface area contributed by atoms with Crippen LogP contribution in [0.15, 0.2) is 194 Å². The minimum atomic E-state index is -0.0246. The Morgan fingerprint density at radius 1 is 0.165 bits per heavy atom. The summed E-state index contributed by atoms with van der Waals surface area (Å²) in [6.07, 6.45) is 2.98. The third-order valence-corrected chi connectivity index (χ3v) is 14.5. The molecule has 0 bridgehead atoms. The first-order chi connectivity index (χ1) is 38.1. The summed E-state index contributed by atoms with van der Waals surface area (Å²) in [5.74, 6) is 0.857. The van der Waals surface area contributed by atoms with Crippen molar-refractivity contribution in [3.63, 3.8) is 0 Å². The second-order valence-electron chi connectivity index (χ2n) is 20.6. The third kappa shape index (κ3) is 13.2. The number of hydrogen-bond acceptors (Lipinski definition) is 10. The highest BCUT2D eigenvalue weighted by atomic mass is 16.3.